The first-order chi connectivity index (χ1) is 16.8. The number of hydrogen-bond acceptors (Lipinski definition) is 3. The van der Waals surface area contributed by atoms with Crippen LogP contribution in [0.4, 0.5) is 0 Å². The van der Waals surface area contributed by atoms with Crippen LogP contribution in [0.25, 0.3) is 22.6 Å². The minimum absolute atomic E-state index is 0.0928. The number of ether oxygens (including phenoxy) is 1. The summed E-state index contributed by atoms with van der Waals surface area (Å²) in [6, 6.07) is 24.7. The molecule has 4 aromatic rings. The Morgan fingerprint density at radius 3 is 2.37 bits per heavy atom. The molecule has 3 nitrogen and oxygen atoms in total. The van der Waals surface area contributed by atoms with Gasteiger partial charge in [-0.25, -0.2) is 9.78 Å². The molecule has 0 saturated heterocycles. The fourth-order valence-corrected chi connectivity index (χ4v) is 4.70. The van der Waals surface area contributed by atoms with Crippen molar-refractivity contribution in [2.24, 2.45) is 0 Å². The number of hydrogen-bond donors (Lipinski definition) is 0. The zero-order chi connectivity index (χ0) is 24.6. The summed E-state index contributed by atoms with van der Waals surface area (Å²) in [6.45, 7) is 8.92. The van der Waals surface area contributed by atoms with Crippen molar-refractivity contribution in [3.63, 3.8) is 0 Å². The van der Waals surface area contributed by atoms with Crippen molar-refractivity contribution in [1.82, 2.24) is 4.98 Å². The van der Waals surface area contributed by atoms with Crippen LogP contribution in [0.5, 0.6) is 0 Å². The number of carbonyl (C=O) groups excluding carboxylic acids is 1. The predicted octanol–water partition coefficient (Wildman–Crippen LogP) is 7.68. The lowest BCUT2D eigenvalue weighted by atomic mass is 9.87. The second-order valence-corrected chi connectivity index (χ2v) is 10.4. The summed E-state index contributed by atoms with van der Waals surface area (Å²) in [5.74, 6) is -0.281. The van der Waals surface area contributed by atoms with Crippen molar-refractivity contribution in [3.05, 3.63) is 112 Å². The van der Waals surface area contributed by atoms with Crippen molar-refractivity contribution in [2.75, 3.05) is 0 Å². The predicted molar refractivity (Wildman–Crippen MR) is 143 cm³/mol. The molecule has 0 atom stereocenters. The molecule has 0 radical (unpaired) electrons. The zero-order valence-corrected chi connectivity index (χ0v) is 20.9. The second-order valence-electron chi connectivity index (χ2n) is 10.4. The zero-order valence-electron chi connectivity index (χ0n) is 20.9. The molecule has 0 saturated carbocycles. The molecule has 1 heterocycles. The smallest absolute Gasteiger partial charge is 0.339 e. The first-order valence-corrected chi connectivity index (χ1v) is 12.3. The molecule has 0 fully saturated rings. The molecule has 3 aromatic carbocycles. The van der Waals surface area contributed by atoms with E-state index < -0.39 is 0 Å². The van der Waals surface area contributed by atoms with E-state index in [0.717, 1.165) is 46.1 Å². The number of allylic oxidation sites excluding steroid dienone is 1. The van der Waals surface area contributed by atoms with Gasteiger partial charge in [0.05, 0.1) is 16.8 Å². The third-order valence-corrected chi connectivity index (χ3v) is 6.75. The summed E-state index contributed by atoms with van der Waals surface area (Å²) in [4.78, 5) is 18.4. The minimum Gasteiger partial charge on any atom is -0.457 e. The van der Waals surface area contributed by atoms with Gasteiger partial charge in [-0.3, -0.25) is 0 Å². The monoisotopic (exact) mass is 461 g/mol. The van der Waals surface area contributed by atoms with Crippen LogP contribution >= 0.6 is 0 Å². The maximum Gasteiger partial charge on any atom is 0.339 e. The lowest BCUT2D eigenvalue weighted by Crippen LogP contribution is -2.12. The van der Waals surface area contributed by atoms with Gasteiger partial charge in [0.1, 0.15) is 6.61 Å². The standard InChI is InChI=1S/C32H31NO2/c1-21-9-11-22(12-10-21)19-24-15-18-27-29(26-7-5-6-8-28(26)33-30(24)27)31(34)35-20-23-13-16-25(17-14-23)32(2,3)4/h5-14,16-17,19H,15,18,20H2,1-4H3. The van der Waals surface area contributed by atoms with E-state index in [9.17, 15) is 4.79 Å². The number of nitrogens with zero attached hydrogens (tertiary/aromatic N) is 1. The Morgan fingerprint density at radius 1 is 0.943 bits per heavy atom. The summed E-state index contributed by atoms with van der Waals surface area (Å²) in [6.07, 6.45) is 3.84. The molecule has 3 heteroatoms. The first kappa shape index (κ1) is 23.0. The molecule has 1 aliphatic carbocycles. The topological polar surface area (TPSA) is 39.2 Å². The van der Waals surface area contributed by atoms with E-state index in [4.69, 9.17) is 9.72 Å². The average Bonchev–Trinajstić information content (AvgIpc) is 3.24. The van der Waals surface area contributed by atoms with Gasteiger partial charge in [-0.15, -0.1) is 0 Å². The Morgan fingerprint density at radius 2 is 1.66 bits per heavy atom. The molecule has 35 heavy (non-hydrogen) atoms. The van der Waals surface area contributed by atoms with Crippen molar-refractivity contribution in [2.45, 2.75) is 52.6 Å². The largest absolute Gasteiger partial charge is 0.457 e. The van der Waals surface area contributed by atoms with E-state index in [1.54, 1.807) is 0 Å². The molecule has 0 spiro atoms. The SMILES string of the molecule is Cc1ccc(C=C2CCc3c2nc2ccccc2c3C(=O)OCc2ccc(C(C)(C)C)cc2)cc1. The van der Waals surface area contributed by atoms with Gasteiger partial charge < -0.3 is 4.74 Å². The van der Waals surface area contributed by atoms with Crippen LogP contribution in [-0.2, 0) is 23.2 Å². The lowest BCUT2D eigenvalue weighted by molar-refractivity contribution is 0.0474. The minimum atomic E-state index is -0.281. The first-order valence-electron chi connectivity index (χ1n) is 12.3. The number of rotatable bonds is 4. The van der Waals surface area contributed by atoms with E-state index in [0.29, 0.717) is 5.56 Å². The highest BCUT2D eigenvalue weighted by atomic mass is 16.5. The van der Waals surface area contributed by atoms with Crippen molar-refractivity contribution in [1.29, 1.82) is 0 Å². The van der Waals surface area contributed by atoms with Gasteiger partial charge in [0.15, 0.2) is 0 Å². The van der Waals surface area contributed by atoms with E-state index in [-0.39, 0.29) is 18.0 Å². The highest BCUT2D eigenvalue weighted by Gasteiger charge is 2.27. The summed E-state index contributed by atoms with van der Waals surface area (Å²) in [7, 11) is 0. The molecular formula is C32H31NO2. The van der Waals surface area contributed by atoms with Crippen molar-refractivity contribution < 1.29 is 9.53 Å². The van der Waals surface area contributed by atoms with E-state index in [1.807, 2.05) is 36.4 Å². The Kier molecular flexibility index (Phi) is 6.02. The fraction of sp³-hybridized carbons (Fsp3) is 0.250. The maximum atomic E-state index is 13.5. The molecule has 1 aliphatic rings. The van der Waals surface area contributed by atoms with Crippen LogP contribution in [-0.4, -0.2) is 11.0 Å². The second kappa shape index (κ2) is 9.14. The Labute approximate surface area is 207 Å². The van der Waals surface area contributed by atoms with Gasteiger partial charge in [0, 0.05) is 5.39 Å². The van der Waals surface area contributed by atoms with E-state index >= 15 is 0 Å². The Bertz CT molecular complexity index is 1420. The van der Waals surface area contributed by atoms with Crippen LogP contribution in [0.3, 0.4) is 0 Å². The lowest BCUT2D eigenvalue weighted by Gasteiger charge is -2.19. The number of aromatic nitrogens is 1. The van der Waals surface area contributed by atoms with Crippen LogP contribution in [0.15, 0.2) is 72.8 Å². The third-order valence-electron chi connectivity index (χ3n) is 6.75. The van der Waals surface area contributed by atoms with Gasteiger partial charge in [-0.05, 0) is 65.1 Å². The summed E-state index contributed by atoms with van der Waals surface area (Å²) in [5, 5.41) is 0.857. The highest BCUT2D eigenvalue weighted by Crippen LogP contribution is 2.38. The molecule has 5 rings (SSSR count). The van der Waals surface area contributed by atoms with Crippen molar-refractivity contribution >= 4 is 28.5 Å². The molecule has 0 unspecified atom stereocenters. The molecule has 1 aromatic heterocycles. The van der Waals surface area contributed by atoms with Gasteiger partial charge in [-0.2, -0.15) is 0 Å². The average molecular weight is 462 g/mol. The summed E-state index contributed by atoms with van der Waals surface area (Å²) >= 11 is 0. The summed E-state index contributed by atoms with van der Waals surface area (Å²) in [5.41, 5.74) is 9.29. The Hall–Kier alpha value is -3.72. The number of pyridine rings is 1. The number of para-hydroxylation sites is 1. The number of carbonyl (C=O) groups is 1. The van der Waals surface area contributed by atoms with Crippen LogP contribution in [0.1, 0.15) is 71.1 Å². The van der Waals surface area contributed by atoms with Gasteiger partial charge in [-0.1, -0.05) is 93.1 Å². The van der Waals surface area contributed by atoms with E-state index in [2.05, 4.69) is 70.2 Å². The molecule has 0 N–H and O–H groups in total. The molecular weight excluding hydrogens is 430 g/mol. The van der Waals surface area contributed by atoms with Crippen LogP contribution in [0, 0.1) is 6.92 Å². The maximum absolute atomic E-state index is 13.5. The van der Waals surface area contributed by atoms with Crippen molar-refractivity contribution in [3.8, 4) is 0 Å². The third kappa shape index (κ3) is 4.77. The number of esters is 1. The normalized spacial score (nSPS) is 14.3. The fourth-order valence-electron chi connectivity index (χ4n) is 4.70. The van der Waals surface area contributed by atoms with Gasteiger partial charge >= 0.3 is 5.97 Å². The molecule has 176 valence electrons. The Balaban J connectivity index is 1.47. The molecule has 0 aliphatic heterocycles. The van der Waals surface area contributed by atoms with Gasteiger partial charge in [0.25, 0.3) is 0 Å². The van der Waals surface area contributed by atoms with E-state index in [1.165, 1.54) is 16.7 Å². The number of benzene rings is 3. The van der Waals surface area contributed by atoms with Crippen LogP contribution in [0.2, 0.25) is 0 Å². The number of aryl methyl sites for hydroxylation is 1. The summed E-state index contributed by atoms with van der Waals surface area (Å²) < 4.78 is 5.85. The van der Waals surface area contributed by atoms with Crippen LogP contribution < -0.4 is 0 Å². The van der Waals surface area contributed by atoms with Gasteiger partial charge in [0.2, 0.25) is 0 Å². The molecule has 0 bridgehead atoms. The highest BCUT2D eigenvalue weighted by molar-refractivity contribution is 6.07. The quantitative estimate of drug-likeness (QED) is 0.293. The molecule has 0 amide bonds. The number of fused-ring (bicyclic) bond motifs is 2.